The zero-order chi connectivity index (χ0) is 11.5. The van der Waals surface area contributed by atoms with Crippen molar-refractivity contribution in [2.24, 2.45) is 5.92 Å². The van der Waals surface area contributed by atoms with Crippen LogP contribution in [0.5, 0.6) is 0 Å². The number of benzene rings is 1. The van der Waals surface area contributed by atoms with Gasteiger partial charge in [-0.2, -0.15) is 0 Å². The van der Waals surface area contributed by atoms with Gasteiger partial charge in [-0.3, -0.25) is 0 Å². The molecule has 1 aliphatic heterocycles. The summed E-state index contributed by atoms with van der Waals surface area (Å²) in [5.41, 5.74) is 6.56. The number of nitrogens with two attached hydrogens (primary N) is 1. The lowest BCUT2D eigenvalue weighted by Gasteiger charge is -2.19. The van der Waals surface area contributed by atoms with Gasteiger partial charge in [0.2, 0.25) is 0 Å². The van der Waals surface area contributed by atoms with Gasteiger partial charge < -0.3 is 15.4 Å². The molecule has 0 bridgehead atoms. The molecular formula is C12H17FN2O. The Morgan fingerprint density at radius 3 is 3.06 bits per heavy atom. The van der Waals surface area contributed by atoms with Crippen LogP contribution in [0, 0.1) is 11.7 Å². The molecule has 0 aliphatic carbocycles. The summed E-state index contributed by atoms with van der Waals surface area (Å²) in [5, 5.41) is 0. The van der Waals surface area contributed by atoms with Crippen molar-refractivity contribution < 1.29 is 9.13 Å². The molecule has 2 rings (SSSR count). The third-order valence-electron chi connectivity index (χ3n) is 3.04. The van der Waals surface area contributed by atoms with Gasteiger partial charge in [-0.05, 0) is 24.6 Å². The average Bonchev–Trinajstić information content (AvgIpc) is 2.71. The molecule has 1 heterocycles. The highest BCUT2D eigenvalue weighted by molar-refractivity contribution is 5.54. The molecule has 1 unspecified atom stereocenters. The lowest BCUT2D eigenvalue weighted by Crippen LogP contribution is -2.21. The zero-order valence-corrected chi connectivity index (χ0v) is 9.45. The minimum absolute atomic E-state index is 0.205. The Labute approximate surface area is 95.0 Å². The van der Waals surface area contributed by atoms with Crippen LogP contribution in [0.4, 0.5) is 15.8 Å². The van der Waals surface area contributed by atoms with E-state index in [1.165, 1.54) is 6.07 Å². The quantitative estimate of drug-likeness (QED) is 0.797. The summed E-state index contributed by atoms with van der Waals surface area (Å²) in [7, 11) is 1.71. The Hall–Kier alpha value is -1.29. The van der Waals surface area contributed by atoms with Crippen molar-refractivity contribution in [1.82, 2.24) is 0 Å². The molecule has 1 aliphatic rings. The number of nitrogens with zero attached hydrogens (tertiary/aromatic N) is 1. The third-order valence-corrected chi connectivity index (χ3v) is 3.04. The van der Waals surface area contributed by atoms with Crippen molar-refractivity contribution in [2.75, 3.05) is 37.4 Å². The highest BCUT2D eigenvalue weighted by Crippen LogP contribution is 2.26. The molecule has 4 heteroatoms. The van der Waals surface area contributed by atoms with Gasteiger partial charge in [-0.25, -0.2) is 4.39 Å². The van der Waals surface area contributed by atoms with Crippen molar-refractivity contribution in [2.45, 2.75) is 6.42 Å². The molecule has 0 amide bonds. The molecular weight excluding hydrogens is 207 g/mol. The smallest absolute Gasteiger partial charge is 0.148 e. The molecule has 1 fully saturated rings. The van der Waals surface area contributed by atoms with Gasteiger partial charge >= 0.3 is 0 Å². The summed E-state index contributed by atoms with van der Waals surface area (Å²) in [5.74, 6) is 0.207. The predicted molar refractivity (Wildman–Crippen MR) is 63.0 cm³/mol. The van der Waals surface area contributed by atoms with Crippen LogP contribution in [0.15, 0.2) is 18.2 Å². The van der Waals surface area contributed by atoms with E-state index in [-0.39, 0.29) is 11.5 Å². The summed E-state index contributed by atoms with van der Waals surface area (Å²) < 4.78 is 18.4. The molecule has 0 saturated carbocycles. The van der Waals surface area contributed by atoms with E-state index in [0.717, 1.165) is 31.8 Å². The molecule has 3 nitrogen and oxygen atoms in total. The Balaban J connectivity index is 2.05. The molecule has 0 radical (unpaired) electrons. The fraction of sp³-hybridized carbons (Fsp3) is 0.500. The lowest BCUT2D eigenvalue weighted by atomic mass is 10.1. The molecule has 1 saturated heterocycles. The monoisotopic (exact) mass is 224 g/mol. The highest BCUT2D eigenvalue weighted by Gasteiger charge is 2.22. The van der Waals surface area contributed by atoms with E-state index in [1.54, 1.807) is 13.2 Å². The first kappa shape index (κ1) is 11.2. The number of nitrogen functional groups attached to an aromatic ring is 1. The first-order valence-electron chi connectivity index (χ1n) is 5.49. The normalized spacial score (nSPS) is 20.4. The topological polar surface area (TPSA) is 38.5 Å². The highest BCUT2D eigenvalue weighted by atomic mass is 19.1. The number of rotatable bonds is 3. The Kier molecular flexibility index (Phi) is 3.29. The van der Waals surface area contributed by atoms with Crippen molar-refractivity contribution in [3.8, 4) is 0 Å². The molecule has 88 valence electrons. The van der Waals surface area contributed by atoms with Crippen LogP contribution in [-0.2, 0) is 4.74 Å². The van der Waals surface area contributed by atoms with Crippen LogP contribution >= 0.6 is 0 Å². The van der Waals surface area contributed by atoms with Gasteiger partial charge in [-0.1, -0.05) is 0 Å². The SMILES string of the molecule is COCC1CCN(c2ccc(N)c(F)c2)C1. The fourth-order valence-electron chi connectivity index (χ4n) is 2.15. The maximum absolute atomic E-state index is 13.3. The molecule has 2 N–H and O–H groups in total. The van der Waals surface area contributed by atoms with E-state index in [9.17, 15) is 4.39 Å². The standard InChI is InChI=1S/C12H17FN2O/c1-16-8-9-4-5-15(7-9)10-2-3-12(14)11(13)6-10/h2-3,6,9H,4-5,7-8,14H2,1H3. The number of halogens is 1. The maximum Gasteiger partial charge on any atom is 0.148 e. The maximum atomic E-state index is 13.3. The molecule has 16 heavy (non-hydrogen) atoms. The van der Waals surface area contributed by atoms with Crippen LogP contribution in [0.2, 0.25) is 0 Å². The largest absolute Gasteiger partial charge is 0.396 e. The van der Waals surface area contributed by atoms with Crippen molar-refractivity contribution in [3.05, 3.63) is 24.0 Å². The van der Waals surface area contributed by atoms with Crippen LogP contribution in [0.3, 0.4) is 0 Å². The summed E-state index contributed by atoms with van der Waals surface area (Å²) in [6.07, 6.45) is 1.10. The van der Waals surface area contributed by atoms with E-state index in [1.807, 2.05) is 6.07 Å². The van der Waals surface area contributed by atoms with Gasteiger partial charge in [0.25, 0.3) is 0 Å². The summed E-state index contributed by atoms with van der Waals surface area (Å²) in [4.78, 5) is 2.17. The number of methoxy groups -OCH3 is 1. The Bertz CT molecular complexity index is 370. The second-order valence-electron chi connectivity index (χ2n) is 4.26. The van der Waals surface area contributed by atoms with Crippen molar-refractivity contribution in [1.29, 1.82) is 0 Å². The van der Waals surface area contributed by atoms with Gasteiger partial charge in [0, 0.05) is 31.8 Å². The fourth-order valence-corrected chi connectivity index (χ4v) is 2.15. The van der Waals surface area contributed by atoms with Crippen LogP contribution in [-0.4, -0.2) is 26.8 Å². The number of ether oxygens (including phenoxy) is 1. The first-order valence-corrected chi connectivity index (χ1v) is 5.49. The zero-order valence-electron chi connectivity index (χ0n) is 9.45. The first-order chi connectivity index (χ1) is 7.70. The number of anilines is 2. The van der Waals surface area contributed by atoms with Crippen molar-refractivity contribution in [3.63, 3.8) is 0 Å². The number of hydrogen-bond acceptors (Lipinski definition) is 3. The lowest BCUT2D eigenvalue weighted by molar-refractivity contribution is 0.161. The van der Waals surface area contributed by atoms with Gasteiger partial charge in [-0.15, -0.1) is 0 Å². The summed E-state index contributed by atoms with van der Waals surface area (Å²) >= 11 is 0. The Morgan fingerprint density at radius 2 is 2.38 bits per heavy atom. The minimum Gasteiger partial charge on any atom is -0.396 e. The van der Waals surface area contributed by atoms with E-state index >= 15 is 0 Å². The second kappa shape index (κ2) is 4.70. The van der Waals surface area contributed by atoms with E-state index < -0.39 is 0 Å². The predicted octanol–water partition coefficient (Wildman–Crippen LogP) is 1.88. The van der Waals surface area contributed by atoms with Crippen LogP contribution in [0.25, 0.3) is 0 Å². The van der Waals surface area contributed by atoms with E-state index in [2.05, 4.69) is 4.90 Å². The molecule has 1 atom stereocenters. The summed E-state index contributed by atoms with van der Waals surface area (Å²) in [6.45, 7) is 2.66. The van der Waals surface area contributed by atoms with Crippen LogP contribution in [0.1, 0.15) is 6.42 Å². The molecule has 1 aromatic rings. The molecule has 0 aromatic heterocycles. The van der Waals surface area contributed by atoms with E-state index in [0.29, 0.717) is 5.92 Å². The van der Waals surface area contributed by atoms with Gasteiger partial charge in [0.1, 0.15) is 5.82 Å². The summed E-state index contributed by atoms with van der Waals surface area (Å²) in [6, 6.07) is 4.99. The number of hydrogen-bond donors (Lipinski definition) is 1. The van der Waals surface area contributed by atoms with Gasteiger partial charge in [0.05, 0.1) is 12.3 Å². The Morgan fingerprint density at radius 1 is 1.56 bits per heavy atom. The minimum atomic E-state index is -0.340. The average molecular weight is 224 g/mol. The van der Waals surface area contributed by atoms with Gasteiger partial charge in [0.15, 0.2) is 0 Å². The molecule has 1 aromatic carbocycles. The third kappa shape index (κ3) is 2.27. The van der Waals surface area contributed by atoms with Crippen molar-refractivity contribution >= 4 is 11.4 Å². The van der Waals surface area contributed by atoms with E-state index in [4.69, 9.17) is 10.5 Å². The van der Waals surface area contributed by atoms with Crippen LogP contribution < -0.4 is 10.6 Å². The molecule has 0 spiro atoms. The second-order valence-corrected chi connectivity index (χ2v) is 4.26.